The van der Waals surface area contributed by atoms with Crippen molar-refractivity contribution < 1.29 is 49.1 Å². The number of fused-ring (bicyclic) bond motifs is 4. The first kappa shape index (κ1) is 41.0. The molecule has 3 N–H and O–H groups in total. The lowest BCUT2D eigenvalue weighted by Crippen LogP contribution is -2.36. The number of rotatable bonds is 10. The Morgan fingerprint density at radius 3 is 2.40 bits per heavy atom. The molecule has 4 atom stereocenters. The minimum Gasteiger partial charge on any atom is -0.380 e. The number of amides is 1. The molecule has 11 nitrogen and oxygen atoms in total. The number of sulfonamides is 1. The van der Waals surface area contributed by atoms with Crippen LogP contribution in [0.15, 0.2) is 42.5 Å². The molecular weight excluding hydrogens is 819 g/mol. The van der Waals surface area contributed by atoms with Crippen LogP contribution in [0.25, 0.3) is 22.0 Å². The molecule has 20 heteroatoms. The van der Waals surface area contributed by atoms with Gasteiger partial charge in [-0.3, -0.25) is 18.9 Å². The van der Waals surface area contributed by atoms with Gasteiger partial charge in [-0.1, -0.05) is 30.5 Å². The van der Waals surface area contributed by atoms with E-state index < -0.39 is 93.6 Å². The Bertz CT molecular complexity index is 2630. The van der Waals surface area contributed by atoms with E-state index in [1.807, 2.05) is 0 Å². The fraction of sp³-hybridized carbons (Fsp3) is 0.368. The Labute approximate surface area is 331 Å². The molecule has 3 aromatic heterocycles. The van der Waals surface area contributed by atoms with Crippen LogP contribution in [0.2, 0.25) is 5.02 Å². The van der Waals surface area contributed by atoms with Crippen molar-refractivity contribution in [3.05, 3.63) is 93.0 Å². The third kappa shape index (κ3) is 7.72. The normalized spacial score (nSPS) is 18.1. The predicted molar refractivity (Wildman–Crippen MR) is 198 cm³/mol. The van der Waals surface area contributed by atoms with Gasteiger partial charge in [0.1, 0.15) is 35.7 Å². The molecule has 3 heterocycles. The monoisotopic (exact) mass is 851 g/mol. The van der Waals surface area contributed by atoms with Crippen LogP contribution in [0.1, 0.15) is 72.0 Å². The summed E-state index contributed by atoms with van der Waals surface area (Å²) < 4.78 is 131. The highest BCUT2D eigenvalue weighted by molar-refractivity contribution is 7.92. The highest BCUT2D eigenvalue weighted by Crippen LogP contribution is 2.64. The lowest BCUT2D eigenvalue weighted by Gasteiger charge is -2.34. The van der Waals surface area contributed by atoms with Gasteiger partial charge in [0.15, 0.2) is 11.5 Å². The molecule has 1 amide bonds. The average molecular weight is 852 g/mol. The molecule has 306 valence electrons. The number of aliphatic hydroxyl groups is 1. The van der Waals surface area contributed by atoms with E-state index in [4.69, 9.17) is 11.6 Å². The number of anilines is 1. The van der Waals surface area contributed by atoms with Gasteiger partial charge >= 0.3 is 6.18 Å². The second-order valence-corrected chi connectivity index (χ2v) is 16.4. The molecule has 2 aliphatic carbocycles. The molecule has 2 aliphatic rings. The summed E-state index contributed by atoms with van der Waals surface area (Å²) in [6.45, 7) is 0.595. The molecule has 1 unspecified atom stereocenters. The van der Waals surface area contributed by atoms with E-state index in [0.29, 0.717) is 16.3 Å². The maximum Gasteiger partial charge on any atom is 0.435 e. The van der Waals surface area contributed by atoms with Crippen molar-refractivity contribution in [1.29, 1.82) is 0 Å². The summed E-state index contributed by atoms with van der Waals surface area (Å²) in [7, 11) is -2.35. The number of pyridine rings is 1. The molecule has 0 radical (unpaired) electrons. The van der Waals surface area contributed by atoms with Gasteiger partial charge in [-0.05, 0) is 73.4 Å². The van der Waals surface area contributed by atoms with Crippen LogP contribution in [-0.4, -0.2) is 56.3 Å². The largest absolute Gasteiger partial charge is 0.435 e. The number of benzene rings is 2. The molecule has 0 saturated heterocycles. The molecular formula is C38H33ClF7N7O4S. The van der Waals surface area contributed by atoms with E-state index in [-0.39, 0.29) is 63.5 Å². The van der Waals surface area contributed by atoms with Crippen LogP contribution in [0, 0.1) is 29.4 Å². The van der Waals surface area contributed by atoms with Gasteiger partial charge in [0, 0.05) is 35.7 Å². The van der Waals surface area contributed by atoms with Crippen LogP contribution >= 0.6 is 11.6 Å². The molecule has 1 saturated carbocycles. The number of nitrogens with zero attached hydrogens (tertiary/aromatic N) is 5. The van der Waals surface area contributed by atoms with Crippen molar-refractivity contribution in [1.82, 2.24) is 29.9 Å². The number of carbonyl (C=O) groups is 1. The molecule has 0 aliphatic heterocycles. The SMILES string of the molecule is CCC(O)C#Cc1ccc(-c2ccc(Cl)c3c(NS(C)(=O)=O)nn(C)c23)c([C@H](Cc2cc(F)cc(F)c2)NC(=O)Cn2nc(C(F)(F)F)c3c2C(F)(F)[C@@H]2CC[C@H]32)n1. The van der Waals surface area contributed by atoms with Crippen molar-refractivity contribution in [2.75, 3.05) is 11.0 Å². The molecule has 58 heavy (non-hydrogen) atoms. The number of halogens is 8. The second kappa shape index (κ2) is 14.9. The van der Waals surface area contributed by atoms with Crippen molar-refractivity contribution in [3.63, 3.8) is 0 Å². The Balaban J connectivity index is 1.39. The van der Waals surface area contributed by atoms with E-state index >= 15 is 8.78 Å². The van der Waals surface area contributed by atoms with Crippen molar-refractivity contribution in [2.24, 2.45) is 13.0 Å². The van der Waals surface area contributed by atoms with Crippen molar-refractivity contribution in [3.8, 4) is 23.0 Å². The number of carbonyl (C=O) groups excluding carboxylic acids is 1. The second-order valence-electron chi connectivity index (χ2n) is 14.3. The number of aromatic nitrogens is 5. The smallest absolute Gasteiger partial charge is 0.380 e. The molecule has 1 fully saturated rings. The van der Waals surface area contributed by atoms with Crippen LogP contribution in [0.3, 0.4) is 0 Å². The number of hydrogen-bond donors (Lipinski definition) is 3. The quantitative estimate of drug-likeness (QED) is 0.102. The van der Waals surface area contributed by atoms with E-state index in [0.717, 1.165) is 18.4 Å². The first-order valence-corrected chi connectivity index (χ1v) is 20.1. The highest BCUT2D eigenvalue weighted by Gasteiger charge is 2.63. The summed E-state index contributed by atoms with van der Waals surface area (Å²) in [6, 6.07) is 7.20. The summed E-state index contributed by atoms with van der Waals surface area (Å²) in [6.07, 6.45) is -5.26. The van der Waals surface area contributed by atoms with Gasteiger partial charge in [-0.25, -0.2) is 22.2 Å². The summed E-state index contributed by atoms with van der Waals surface area (Å²) in [5.41, 5.74) is -2.28. The van der Waals surface area contributed by atoms with Crippen molar-refractivity contribution >= 4 is 44.3 Å². The molecule has 5 aromatic rings. The highest BCUT2D eigenvalue weighted by atomic mass is 35.5. The van der Waals surface area contributed by atoms with E-state index in [1.54, 1.807) is 13.0 Å². The number of nitrogens with one attached hydrogen (secondary N) is 2. The zero-order valence-electron chi connectivity index (χ0n) is 30.7. The molecule has 0 spiro atoms. The molecule has 2 aromatic carbocycles. The first-order valence-electron chi connectivity index (χ1n) is 17.8. The third-order valence-corrected chi connectivity index (χ3v) is 11.1. The van der Waals surface area contributed by atoms with E-state index in [1.165, 1.54) is 29.9 Å². The minimum absolute atomic E-state index is 0.00249. The number of alkyl halides is 5. The lowest BCUT2D eigenvalue weighted by atomic mass is 9.73. The summed E-state index contributed by atoms with van der Waals surface area (Å²) in [5, 5.41) is 20.8. The van der Waals surface area contributed by atoms with Crippen molar-refractivity contribution in [2.45, 2.75) is 69.3 Å². The number of aryl methyl sites for hydroxylation is 1. The molecule has 0 bridgehead atoms. The standard InChI is InChI=1S/C38H33ClF7N7O4S/c1-4-22(54)7-5-21-6-8-23(24-10-12-27(39)31-33(24)52(2)50-36(31)51-58(3,56)57)32(47-21)28(15-18-13-19(40)16-20(41)14-18)48-29(55)17-53-35-30(34(49-53)38(44,45)46)25-9-11-26(25)37(35,42)43/h6,8,10,12-14,16,22,25-26,28,54H,4,9,11,15,17H2,1-3H3,(H,48,55)(H,50,51)/t22?,25-,26+,28-/m0/s1. The zero-order valence-corrected chi connectivity index (χ0v) is 32.3. The van der Waals surface area contributed by atoms with Gasteiger partial charge < -0.3 is 10.4 Å². The predicted octanol–water partition coefficient (Wildman–Crippen LogP) is 6.98. The maximum absolute atomic E-state index is 15.6. The van der Waals surface area contributed by atoms with E-state index in [2.05, 4.69) is 37.1 Å². The topological polar surface area (TPSA) is 144 Å². The fourth-order valence-electron chi connectivity index (χ4n) is 7.65. The van der Waals surface area contributed by atoms with Gasteiger partial charge in [0.25, 0.3) is 5.92 Å². The summed E-state index contributed by atoms with van der Waals surface area (Å²) in [5.74, 6) is -3.93. The van der Waals surface area contributed by atoms with Gasteiger partial charge in [0.05, 0.1) is 33.9 Å². The molecule has 7 rings (SSSR count). The van der Waals surface area contributed by atoms with Crippen LogP contribution in [-0.2, 0) is 46.9 Å². The first-order chi connectivity index (χ1) is 27.2. The average Bonchev–Trinajstić information content (AvgIpc) is 3.67. The van der Waals surface area contributed by atoms with Gasteiger partial charge in [-0.15, -0.1) is 0 Å². The Morgan fingerprint density at radius 1 is 1.09 bits per heavy atom. The Hall–Kier alpha value is -5.19. The summed E-state index contributed by atoms with van der Waals surface area (Å²) >= 11 is 6.57. The number of hydrogen-bond acceptors (Lipinski definition) is 7. The fourth-order valence-corrected chi connectivity index (χ4v) is 8.39. The van der Waals surface area contributed by atoms with Crippen LogP contribution < -0.4 is 10.0 Å². The number of aliphatic hydroxyl groups excluding tert-OH is 1. The third-order valence-electron chi connectivity index (χ3n) is 10.2. The maximum atomic E-state index is 15.6. The van der Waals surface area contributed by atoms with E-state index in [9.17, 15) is 40.3 Å². The van der Waals surface area contributed by atoms with Gasteiger partial charge in [0.2, 0.25) is 15.9 Å². The van der Waals surface area contributed by atoms with Gasteiger partial charge in [-0.2, -0.15) is 32.1 Å². The Morgan fingerprint density at radius 2 is 1.78 bits per heavy atom. The summed E-state index contributed by atoms with van der Waals surface area (Å²) in [4.78, 5) is 18.6. The zero-order chi connectivity index (χ0) is 42.1. The Kier molecular flexibility index (Phi) is 10.5. The van der Waals surface area contributed by atoms with Crippen LogP contribution in [0.5, 0.6) is 0 Å². The minimum atomic E-state index is -5.09. The lowest BCUT2D eigenvalue weighted by molar-refractivity contribution is -0.144. The van der Waals surface area contributed by atoms with Crippen LogP contribution in [0.4, 0.5) is 36.6 Å².